The number of fused-ring (bicyclic) bond motifs is 1. The largest absolute Gasteiger partial charge is 0.397 e. The zero-order valence-electron chi connectivity index (χ0n) is 12.2. The van der Waals surface area contributed by atoms with Crippen LogP contribution >= 0.6 is 0 Å². The smallest absolute Gasteiger partial charge is 0.240 e. The van der Waals surface area contributed by atoms with Gasteiger partial charge in [-0.2, -0.15) is 0 Å². The van der Waals surface area contributed by atoms with Crippen molar-refractivity contribution in [1.82, 2.24) is 9.62 Å². The highest BCUT2D eigenvalue weighted by Crippen LogP contribution is 2.30. The molecule has 2 heterocycles. The van der Waals surface area contributed by atoms with Gasteiger partial charge in [0, 0.05) is 25.7 Å². The first kappa shape index (κ1) is 14.6. The van der Waals surface area contributed by atoms with E-state index in [-0.39, 0.29) is 4.90 Å². The number of piperazine rings is 1. The van der Waals surface area contributed by atoms with Crippen molar-refractivity contribution in [3.05, 3.63) is 18.2 Å². The average molecular weight is 310 g/mol. The van der Waals surface area contributed by atoms with Gasteiger partial charge in [0.15, 0.2) is 0 Å². The first-order chi connectivity index (χ1) is 10.0. The molecule has 6 nitrogen and oxygen atoms in total. The highest BCUT2D eigenvalue weighted by Gasteiger charge is 2.31. The van der Waals surface area contributed by atoms with Crippen molar-refractivity contribution < 1.29 is 8.42 Å². The fraction of sp³-hybridized carbons (Fsp3) is 0.571. The number of hydrogen-bond donors (Lipinski definition) is 2. The van der Waals surface area contributed by atoms with Gasteiger partial charge < -0.3 is 10.6 Å². The van der Waals surface area contributed by atoms with E-state index in [1.807, 2.05) is 6.07 Å². The van der Waals surface area contributed by atoms with E-state index < -0.39 is 10.0 Å². The van der Waals surface area contributed by atoms with E-state index in [0.29, 0.717) is 11.7 Å². The quantitative estimate of drug-likeness (QED) is 0.793. The normalized spacial score (nSPS) is 23.3. The van der Waals surface area contributed by atoms with Crippen molar-refractivity contribution in [1.29, 1.82) is 0 Å². The third-order valence-corrected chi connectivity index (χ3v) is 5.92. The van der Waals surface area contributed by atoms with Gasteiger partial charge in [-0.15, -0.1) is 0 Å². The minimum atomic E-state index is -3.44. The second kappa shape index (κ2) is 5.47. The molecule has 1 aromatic carbocycles. The Hall–Kier alpha value is -1.31. The Balaban J connectivity index is 1.83. The predicted octanol–water partition coefficient (Wildman–Crippen LogP) is 0.461. The number of sulfonamides is 1. The first-order valence-electron chi connectivity index (χ1n) is 7.33. The standard InChI is InChI=1S/C14H22N4O2S/c1-16-21(19,20)12-4-5-14(13(15)9-12)18-8-7-17-6-2-3-11(17)10-18/h4-5,9,11,16H,2-3,6-8,10,15H2,1H3. The molecule has 0 saturated carbocycles. The van der Waals surface area contributed by atoms with Crippen LogP contribution < -0.4 is 15.4 Å². The molecule has 2 aliphatic heterocycles. The molecule has 2 fully saturated rings. The second-order valence-corrected chi connectivity index (χ2v) is 7.59. The first-order valence-corrected chi connectivity index (χ1v) is 8.81. The summed E-state index contributed by atoms with van der Waals surface area (Å²) in [6, 6.07) is 5.60. The van der Waals surface area contributed by atoms with Crippen LogP contribution in [0.1, 0.15) is 12.8 Å². The predicted molar refractivity (Wildman–Crippen MR) is 83.9 cm³/mol. The molecule has 21 heavy (non-hydrogen) atoms. The van der Waals surface area contributed by atoms with Crippen molar-refractivity contribution in [2.75, 3.05) is 43.9 Å². The van der Waals surface area contributed by atoms with E-state index in [1.54, 1.807) is 12.1 Å². The molecule has 7 heteroatoms. The van der Waals surface area contributed by atoms with Crippen LogP contribution in [0.4, 0.5) is 11.4 Å². The molecular weight excluding hydrogens is 288 g/mol. The highest BCUT2D eigenvalue weighted by atomic mass is 32.2. The molecular formula is C14H22N4O2S. The molecule has 0 radical (unpaired) electrons. The van der Waals surface area contributed by atoms with Gasteiger partial charge in [-0.3, -0.25) is 4.90 Å². The van der Waals surface area contributed by atoms with Gasteiger partial charge in [-0.25, -0.2) is 13.1 Å². The van der Waals surface area contributed by atoms with Crippen LogP contribution in [0, 0.1) is 0 Å². The van der Waals surface area contributed by atoms with Crippen LogP contribution in [0.2, 0.25) is 0 Å². The Kier molecular flexibility index (Phi) is 3.81. The third-order valence-electron chi connectivity index (χ3n) is 4.51. The lowest BCUT2D eigenvalue weighted by Gasteiger charge is -2.39. The Morgan fingerprint density at radius 1 is 1.29 bits per heavy atom. The van der Waals surface area contributed by atoms with Crippen LogP contribution in [0.3, 0.4) is 0 Å². The van der Waals surface area contributed by atoms with Gasteiger partial charge in [0.25, 0.3) is 0 Å². The summed E-state index contributed by atoms with van der Waals surface area (Å²) in [6.07, 6.45) is 2.51. The van der Waals surface area contributed by atoms with Crippen LogP contribution in [0.25, 0.3) is 0 Å². The number of hydrogen-bond acceptors (Lipinski definition) is 5. The molecule has 0 aromatic heterocycles. The lowest BCUT2D eigenvalue weighted by Crippen LogP contribution is -2.50. The van der Waals surface area contributed by atoms with Crippen molar-refractivity contribution in [3.63, 3.8) is 0 Å². The minimum absolute atomic E-state index is 0.214. The summed E-state index contributed by atoms with van der Waals surface area (Å²) in [6.45, 7) is 4.18. The summed E-state index contributed by atoms with van der Waals surface area (Å²) in [5.41, 5.74) is 7.56. The van der Waals surface area contributed by atoms with E-state index in [9.17, 15) is 8.42 Å². The van der Waals surface area contributed by atoms with Crippen LogP contribution in [-0.4, -0.2) is 52.6 Å². The molecule has 0 spiro atoms. The van der Waals surface area contributed by atoms with Crippen molar-refractivity contribution in [2.24, 2.45) is 0 Å². The zero-order chi connectivity index (χ0) is 15.0. The lowest BCUT2D eigenvalue weighted by atomic mass is 10.1. The SMILES string of the molecule is CNS(=O)(=O)c1ccc(N2CCN3CCCC3C2)c(N)c1. The van der Waals surface area contributed by atoms with E-state index in [1.165, 1.54) is 26.4 Å². The van der Waals surface area contributed by atoms with E-state index >= 15 is 0 Å². The summed E-state index contributed by atoms with van der Waals surface area (Å²) in [7, 11) is -2.04. The second-order valence-electron chi connectivity index (χ2n) is 5.71. The fourth-order valence-corrected chi connectivity index (χ4v) is 4.08. The summed E-state index contributed by atoms with van der Waals surface area (Å²) < 4.78 is 25.9. The van der Waals surface area contributed by atoms with Gasteiger partial charge in [0.1, 0.15) is 0 Å². The average Bonchev–Trinajstić information content (AvgIpc) is 2.94. The van der Waals surface area contributed by atoms with E-state index in [2.05, 4.69) is 14.5 Å². The molecule has 1 unspecified atom stereocenters. The zero-order valence-corrected chi connectivity index (χ0v) is 13.1. The number of nitrogens with one attached hydrogen (secondary N) is 1. The van der Waals surface area contributed by atoms with Crippen LogP contribution in [0.5, 0.6) is 0 Å². The van der Waals surface area contributed by atoms with Gasteiger partial charge in [0.2, 0.25) is 10.0 Å². The summed E-state index contributed by atoms with van der Waals surface area (Å²) in [4.78, 5) is 5.02. The topological polar surface area (TPSA) is 78.7 Å². The minimum Gasteiger partial charge on any atom is -0.397 e. The monoisotopic (exact) mass is 310 g/mol. The maximum absolute atomic E-state index is 11.8. The molecule has 116 valence electrons. The van der Waals surface area contributed by atoms with Gasteiger partial charge in [-0.05, 0) is 44.6 Å². The van der Waals surface area contributed by atoms with Gasteiger partial charge >= 0.3 is 0 Å². The fourth-order valence-electron chi connectivity index (χ4n) is 3.32. The molecule has 2 saturated heterocycles. The van der Waals surface area contributed by atoms with Crippen molar-refractivity contribution in [2.45, 2.75) is 23.8 Å². The van der Waals surface area contributed by atoms with E-state index in [4.69, 9.17) is 5.73 Å². The van der Waals surface area contributed by atoms with E-state index in [0.717, 1.165) is 25.3 Å². The lowest BCUT2D eigenvalue weighted by molar-refractivity contribution is 0.231. The highest BCUT2D eigenvalue weighted by molar-refractivity contribution is 7.89. The van der Waals surface area contributed by atoms with Crippen LogP contribution in [-0.2, 0) is 10.0 Å². The van der Waals surface area contributed by atoms with Crippen molar-refractivity contribution >= 4 is 21.4 Å². The molecule has 0 amide bonds. The summed E-state index contributed by atoms with van der Waals surface area (Å²) in [5, 5.41) is 0. The van der Waals surface area contributed by atoms with Gasteiger partial charge in [-0.1, -0.05) is 0 Å². The molecule has 0 bridgehead atoms. The maximum atomic E-state index is 11.8. The molecule has 3 rings (SSSR count). The Morgan fingerprint density at radius 3 is 2.81 bits per heavy atom. The summed E-state index contributed by atoms with van der Waals surface area (Å²) in [5.74, 6) is 0. The van der Waals surface area contributed by atoms with Gasteiger partial charge in [0.05, 0.1) is 16.3 Å². The maximum Gasteiger partial charge on any atom is 0.240 e. The summed E-state index contributed by atoms with van der Waals surface area (Å²) >= 11 is 0. The number of nitrogens with zero attached hydrogens (tertiary/aromatic N) is 2. The van der Waals surface area contributed by atoms with Crippen LogP contribution in [0.15, 0.2) is 23.1 Å². The number of anilines is 2. The number of rotatable bonds is 3. The molecule has 2 aliphatic rings. The van der Waals surface area contributed by atoms with Crippen molar-refractivity contribution in [3.8, 4) is 0 Å². The molecule has 0 aliphatic carbocycles. The molecule has 1 atom stereocenters. The number of nitrogens with two attached hydrogens (primary N) is 1. The molecule has 3 N–H and O–H groups in total. The third kappa shape index (κ3) is 2.73. The Morgan fingerprint density at radius 2 is 2.10 bits per heavy atom. The molecule has 1 aromatic rings. The number of benzene rings is 1. The Bertz CT molecular complexity index is 632. The number of nitrogen functional groups attached to an aromatic ring is 1. The Labute approximate surface area is 126 Å².